The summed E-state index contributed by atoms with van der Waals surface area (Å²) in [6.07, 6.45) is -4.66. The number of amides is 1. The highest BCUT2D eigenvalue weighted by molar-refractivity contribution is 7.89. The van der Waals surface area contributed by atoms with Crippen LogP contribution in [0.2, 0.25) is 0 Å². The van der Waals surface area contributed by atoms with Crippen LogP contribution in [0.25, 0.3) is 10.6 Å². The number of anilines is 1. The number of nitrogens with zero attached hydrogens (tertiary/aromatic N) is 1. The number of sulfonamides is 1. The van der Waals surface area contributed by atoms with Crippen molar-refractivity contribution >= 4 is 44.3 Å². The molecule has 0 radical (unpaired) electrons. The molecule has 0 atom stereocenters. The van der Waals surface area contributed by atoms with Crippen LogP contribution in [0, 0.1) is 0 Å². The molecule has 0 unspecified atom stereocenters. The number of aromatic nitrogens is 1. The average molecular weight is 447 g/mol. The van der Waals surface area contributed by atoms with Gasteiger partial charge in [-0.1, -0.05) is 0 Å². The molecule has 2 heterocycles. The van der Waals surface area contributed by atoms with Crippen molar-refractivity contribution in [2.24, 2.45) is 0 Å². The van der Waals surface area contributed by atoms with E-state index >= 15 is 0 Å². The van der Waals surface area contributed by atoms with Gasteiger partial charge in [0.05, 0.1) is 4.90 Å². The Bertz CT molecular complexity index is 1060. The number of hydrogen-bond acceptors (Lipinski definition) is 6. The summed E-state index contributed by atoms with van der Waals surface area (Å²) in [5, 5.41) is 8.67. The maximum atomic E-state index is 12.3. The molecule has 0 aliphatic rings. The first kappa shape index (κ1) is 20.5. The van der Waals surface area contributed by atoms with Crippen LogP contribution in [-0.4, -0.2) is 32.0 Å². The molecule has 0 aliphatic heterocycles. The Labute approximate surface area is 166 Å². The van der Waals surface area contributed by atoms with Crippen molar-refractivity contribution in [3.05, 3.63) is 52.2 Å². The highest BCUT2D eigenvalue weighted by atomic mass is 32.2. The number of thiophene rings is 1. The topological polar surface area (TPSA) is 88.2 Å². The molecule has 3 aromatic rings. The SMILES string of the molecule is O=C(Nc1ccc(S(=O)(=O)NCC(F)(F)F)cc1)c1csc(-c2ccsc2)n1. The van der Waals surface area contributed by atoms with Crippen LogP contribution in [-0.2, 0) is 10.0 Å². The van der Waals surface area contributed by atoms with Crippen molar-refractivity contribution in [2.45, 2.75) is 11.1 Å². The third-order valence-corrected chi connectivity index (χ3v) is 6.38. The number of nitrogens with one attached hydrogen (secondary N) is 2. The molecule has 3 rings (SSSR count). The molecule has 0 saturated carbocycles. The summed E-state index contributed by atoms with van der Waals surface area (Å²) < 4.78 is 61.7. The average Bonchev–Trinajstić information content (AvgIpc) is 3.31. The lowest BCUT2D eigenvalue weighted by Gasteiger charge is -2.10. The van der Waals surface area contributed by atoms with Gasteiger partial charge in [-0.3, -0.25) is 4.79 Å². The van der Waals surface area contributed by atoms with E-state index in [0.717, 1.165) is 17.7 Å². The second-order valence-electron chi connectivity index (χ2n) is 5.47. The van der Waals surface area contributed by atoms with Gasteiger partial charge < -0.3 is 5.32 Å². The number of benzene rings is 1. The maximum absolute atomic E-state index is 12.3. The molecule has 0 fully saturated rings. The van der Waals surface area contributed by atoms with Crippen LogP contribution < -0.4 is 10.0 Å². The predicted molar refractivity (Wildman–Crippen MR) is 101 cm³/mol. The molecule has 1 amide bonds. The zero-order chi connectivity index (χ0) is 20.4. The second-order valence-corrected chi connectivity index (χ2v) is 8.87. The van der Waals surface area contributed by atoms with Gasteiger partial charge in [-0.15, -0.1) is 11.3 Å². The van der Waals surface area contributed by atoms with Gasteiger partial charge in [0.25, 0.3) is 5.91 Å². The van der Waals surface area contributed by atoms with Gasteiger partial charge in [-0.05, 0) is 35.7 Å². The van der Waals surface area contributed by atoms with Gasteiger partial charge >= 0.3 is 6.18 Å². The van der Waals surface area contributed by atoms with E-state index in [9.17, 15) is 26.4 Å². The summed E-state index contributed by atoms with van der Waals surface area (Å²) in [5.41, 5.74) is 1.40. The van der Waals surface area contributed by atoms with Crippen LogP contribution in [0.15, 0.2) is 51.4 Å². The Morgan fingerprint density at radius 1 is 1.11 bits per heavy atom. The molecule has 0 bridgehead atoms. The number of thiazole rings is 1. The van der Waals surface area contributed by atoms with Gasteiger partial charge in [-0.2, -0.15) is 24.5 Å². The number of halogens is 3. The first-order valence-corrected chi connectivity index (χ1v) is 10.9. The van der Waals surface area contributed by atoms with Crippen molar-refractivity contribution in [2.75, 3.05) is 11.9 Å². The fourth-order valence-corrected chi connectivity index (χ4v) is 4.60. The first-order chi connectivity index (χ1) is 13.1. The Morgan fingerprint density at radius 3 is 2.43 bits per heavy atom. The molecular formula is C16H12F3N3O3S3. The molecule has 2 aromatic heterocycles. The van der Waals surface area contributed by atoms with Gasteiger partial charge in [0.15, 0.2) is 0 Å². The lowest BCUT2D eigenvalue weighted by molar-refractivity contribution is -0.121. The fourth-order valence-electron chi connectivity index (χ4n) is 2.07. The Kier molecular flexibility index (Phi) is 5.84. The summed E-state index contributed by atoms with van der Waals surface area (Å²) in [6.45, 7) is -1.66. The van der Waals surface area contributed by atoms with Crippen molar-refractivity contribution in [1.82, 2.24) is 9.71 Å². The molecule has 2 N–H and O–H groups in total. The third kappa shape index (κ3) is 5.16. The van der Waals surface area contributed by atoms with Gasteiger partial charge in [0.2, 0.25) is 10.0 Å². The van der Waals surface area contributed by atoms with E-state index in [1.54, 1.807) is 5.38 Å². The fraction of sp³-hybridized carbons (Fsp3) is 0.125. The molecule has 6 nitrogen and oxygen atoms in total. The van der Waals surface area contributed by atoms with Crippen LogP contribution in [0.5, 0.6) is 0 Å². The van der Waals surface area contributed by atoms with Crippen LogP contribution >= 0.6 is 22.7 Å². The molecule has 1 aromatic carbocycles. The van der Waals surface area contributed by atoms with Crippen molar-refractivity contribution < 1.29 is 26.4 Å². The zero-order valence-corrected chi connectivity index (χ0v) is 16.3. The number of rotatable bonds is 6. The molecular weight excluding hydrogens is 435 g/mol. The minimum absolute atomic E-state index is 0.203. The van der Waals surface area contributed by atoms with Crippen LogP contribution in [0.1, 0.15) is 10.5 Å². The lowest BCUT2D eigenvalue weighted by atomic mass is 10.3. The number of carbonyl (C=O) groups excluding carboxylic acids is 1. The molecule has 28 heavy (non-hydrogen) atoms. The van der Waals surface area contributed by atoms with E-state index in [0.29, 0.717) is 5.01 Å². The smallest absolute Gasteiger partial charge is 0.321 e. The second kappa shape index (κ2) is 7.99. The number of carbonyl (C=O) groups is 1. The molecule has 12 heteroatoms. The quantitative estimate of drug-likeness (QED) is 0.599. The number of hydrogen-bond donors (Lipinski definition) is 2. The summed E-state index contributed by atoms with van der Waals surface area (Å²) >= 11 is 2.83. The molecule has 0 aliphatic carbocycles. The molecule has 148 valence electrons. The van der Waals surface area contributed by atoms with E-state index in [-0.39, 0.29) is 16.3 Å². The van der Waals surface area contributed by atoms with E-state index < -0.39 is 28.7 Å². The zero-order valence-electron chi connectivity index (χ0n) is 13.9. The van der Waals surface area contributed by atoms with E-state index in [4.69, 9.17) is 0 Å². The maximum Gasteiger partial charge on any atom is 0.402 e. The van der Waals surface area contributed by atoms with E-state index in [1.165, 1.54) is 39.5 Å². The van der Waals surface area contributed by atoms with E-state index in [1.807, 2.05) is 16.8 Å². The highest BCUT2D eigenvalue weighted by Gasteiger charge is 2.30. The Hall–Kier alpha value is -2.28. The highest BCUT2D eigenvalue weighted by Crippen LogP contribution is 2.26. The number of alkyl halides is 3. The standard InChI is InChI=1S/C16H12F3N3O3S3/c17-16(18,19)9-20-28(24,25)12-3-1-11(2-4-12)21-14(23)13-8-27-15(22-13)10-5-6-26-7-10/h1-8,20H,9H2,(H,21,23). The summed E-state index contributed by atoms with van der Waals surface area (Å²) in [6, 6.07) is 6.66. The minimum atomic E-state index is -4.66. The van der Waals surface area contributed by atoms with Gasteiger partial charge in [0.1, 0.15) is 17.2 Å². The molecule has 0 spiro atoms. The third-order valence-electron chi connectivity index (χ3n) is 3.39. The van der Waals surface area contributed by atoms with Crippen molar-refractivity contribution in [3.8, 4) is 10.6 Å². The van der Waals surface area contributed by atoms with Crippen molar-refractivity contribution in [1.29, 1.82) is 0 Å². The molecule has 0 saturated heterocycles. The summed E-state index contributed by atoms with van der Waals surface area (Å²) in [5.74, 6) is -0.483. The lowest BCUT2D eigenvalue weighted by Crippen LogP contribution is -2.33. The van der Waals surface area contributed by atoms with Crippen LogP contribution in [0.3, 0.4) is 0 Å². The van der Waals surface area contributed by atoms with Crippen LogP contribution in [0.4, 0.5) is 18.9 Å². The Balaban J connectivity index is 1.66. The predicted octanol–water partition coefficient (Wildman–Crippen LogP) is 3.96. The largest absolute Gasteiger partial charge is 0.402 e. The van der Waals surface area contributed by atoms with Gasteiger partial charge in [0, 0.05) is 22.0 Å². The summed E-state index contributed by atoms with van der Waals surface area (Å²) in [7, 11) is -4.31. The Morgan fingerprint density at radius 2 is 1.82 bits per heavy atom. The monoisotopic (exact) mass is 447 g/mol. The van der Waals surface area contributed by atoms with Crippen molar-refractivity contribution in [3.63, 3.8) is 0 Å². The van der Waals surface area contributed by atoms with E-state index in [2.05, 4.69) is 10.3 Å². The normalized spacial score (nSPS) is 12.1. The summed E-state index contributed by atoms with van der Waals surface area (Å²) in [4.78, 5) is 16.2. The van der Waals surface area contributed by atoms with Gasteiger partial charge in [-0.25, -0.2) is 18.1 Å². The first-order valence-electron chi connectivity index (χ1n) is 7.60. The minimum Gasteiger partial charge on any atom is -0.321 e.